The topological polar surface area (TPSA) is 61.4 Å². The van der Waals surface area contributed by atoms with Crippen LogP contribution in [-0.4, -0.2) is 42.4 Å². The van der Waals surface area contributed by atoms with Gasteiger partial charge in [0, 0.05) is 17.1 Å². The molecule has 6 heteroatoms. The lowest BCUT2D eigenvalue weighted by molar-refractivity contribution is -0.124. The summed E-state index contributed by atoms with van der Waals surface area (Å²) in [6, 6.07) is 16.5. The van der Waals surface area contributed by atoms with Gasteiger partial charge in [-0.3, -0.25) is 14.5 Å². The first-order valence-electron chi connectivity index (χ1n) is 10.6. The highest BCUT2D eigenvalue weighted by Crippen LogP contribution is 2.24. The fourth-order valence-corrected chi connectivity index (χ4v) is 3.98. The minimum atomic E-state index is -0.608. The van der Waals surface area contributed by atoms with Crippen LogP contribution in [0.1, 0.15) is 48.7 Å². The van der Waals surface area contributed by atoms with Gasteiger partial charge in [-0.05, 0) is 61.7 Å². The minimum Gasteiger partial charge on any atom is -0.352 e. The van der Waals surface area contributed by atoms with Gasteiger partial charge in [0.15, 0.2) is 0 Å². The summed E-state index contributed by atoms with van der Waals surface area (Å²) in [4.78, 5) is 28.0. The smallest absolute Gasteiger partial charge is 0.251 e. The molecule has 0 aromatic heterocycles. The first-order chi connectivity index (χ1) is 14.5. The second-order valence-electron chi connectivity index (χ2n) is 8.12. The van der Waals surface area contributed by atoms with Gasteiger partial charge in [-0.1, -0.05) is 55.8 Å². The van der Waals surface area contributed by atoms with Crippen LogP contribution in [0.5, 0.6) is 0 Å². The largest absolute Gasteiger partial charge is 0.352 e. The van der Waals surface area contributed by atoms with E-state index in [0.29, 0.717) is 17.1 Å². The number of nitrogens with one attached hydrogen (secondary N) is 2. The van der Waals surface area contributed by atoms with Gasteiger partial charge in [0.2, 0.25) is 5.91 Å². The van der Waals surface area contributed by atoms with Gasteiger partial charge in [0.25, 0.3) is 5.91 Å². The van der Waals surface area contributed by atoms with E-state index in [2.05, 4.69) is 27.7 Å². The monoisotopic (exact) mass is 427 g/mol. The number of benzene rings is 2. The van der Waals surface area contributed by atoms with Crippen molar-refractivity contribution in [3.05, 3.63) is 70.7 Å². The first-order valence-corrected chi connectivity index (χ1v) is 11.0. The molecule has 30 heavy (non-hydrogen) atoms. The van der Waals surface area contributed by atoms with E-state index >= 15 is 0 Å². The average molecular weight is 428 g/mol. The Morgan fingerprint density at radius 2 is 1.63 bits per heavy atom. The zero-order chi connectivity index (χ0) is 21.5. The van der Waals surface area contributed by atoms with E-state index in [9.17, 15) is 9.59 Å². The minimum absolute atomic E-state index is 0.0387. The second kappa shape index (κ2) is 10.6. The molecule has 2 aromatic carbocycles. The highest BCUT2D eigenvalue weighted by atomic mass is 35.5. The summed E-state index contributed by atoms with van der Waals surface area (Å²) in [5.41, 5.74) is 1.68. The molecule has 0 unspecified atom stereocenters. The van der Waals surface area contributed by atoms with Gasteiger partial charge < -0.3 is 10.6 Å². The Morgan fingerprint density at radius 3 is 2.23 bits per heavy atom. The van der Waals surface area contributed by atoms with Crippen LogP contribution in [-0.2, 0) is 4.79 Å². The van der Waals surface area contributed by atoms with Crippen molar-refractivity contribution in [3.8, 4) is 0 Å². The third kappa shape index (κ3) is 5.83. The van der Waals surface area contributed by atoms with Gasteiger partial charge in [-0.2, -0.15) is 0 Å². The average Bonchev–Trinajstić information content (AvgIpc) is 3.27. The number of carbonyl (C=O) groups excluding carboxylic acids is 2. The van der Waals surface area contributed by atoms with Gasteiger partial charge in [0.05, 0.1) is 6.04 Å². The molecule has 1 aliphatic rings. The molecule has 0 spiro atoms. The molecule has 0 aliphatic carbocycles. The predicted octanol–water partition coefficient (Wildman–Crippen LogP) is 4.05. The number of rotatable bonds is 8. The normalized spacial score (nSPS) is 16.3. The van der Waals surface area contributed by atoms with Crippen LogP contribution >= 0.6 is 11.6 Å². The van der Waals surface area contributed by atoms with Crippen molar-refractivity contribution in [2.75, 3.05) is 19.6 Å². The molecule has 1 aliphatic heterocycles. The van der Waals surface area contributed by atoms with Gasteiger partial charge >= 0.3 is 0 Å². The Balaban J connectivity index is 1.66. The number of halogens is 1. The third-order valence-electron chi connectivity index (χ3n) is 5.58. The Kier molecular flexibility index (Phi) is 7.88. The summed E-state index contributed by atoms with van der Waals surface area (Å²) >= 11 is 5.90. The van der Waals surface area contributed by atoms with Crippen molar-refractivity contribution in [1.82, 2.24) is 15.5 Å². The Hall–Kier alpha value is -2.37. The zero-order valence-electron chi connectivity index (χ0n) is 17.6. The molecular formula is C24H30ClN3O2. The van der Waals surface area contributed by atoms with Crippen molar-refractivity contribution in [2.24, 2.45) is 5.92 Å². The lowest BCUT2D eigenvalue weighted by atomic mass is 10.0. The predicted molar refractivity (Wildman–Crippen MR) is 121 cm³/mol. The molecule has 2 amide bonds. The van der Waals surface area contributed by atoms with E-state index in [4.69, 9.17) is 11.6 Å². The van der Waals surface area contributed by atoms with Crippen LogP contribution < -0.4 is 10.6 Å². The fourth-order valence-electron chi connectivity index (χ4n) is 3.85. The summed E-state index contributed by atoms with van der Waals surface area (Å²) in [6.07, 6.45) is 2.37. The summed E-state index contributed by atoms with van der Waals surface area (Å²) < 4.78 is 0. The highest BCUT2D eigenvalue weighted by molar-refractivity contribution is 6.30. The SMILES string of the molecule is CC(C)[C@@H](NC(=O)c1ccc(Cl)cc1)C(=O)NC[C@@H](c1ccccc1)N1CCCC1. The van der Waals surface area contributed by atoms with Crippen molar-refractivity contribution in [1.29, 1.82) is 0 Å². The van der Waals surface area contributed by atoms with Crippen LogP contribution in [0.2, 0.25) is 5.02 Å². The highest BCUT2D eigenvalue weighted by Gasteiger charge is 2.28. The molecule has 1 heterocycles. The lowest BCUT2D eigenvalue weighted by Gasteiger charge is -2.29. The van der Waals surface area contributed by atoms with Crippen molar-refractivity contribution >= 4 is 23.4 Å². The van der Waals surface area contributed by atoms with Gasteiger partial charge in [0.1, 0.15) is 6.04 Å². The Labute approximate surface area is 183 Å². The number of amides is 2. The van der Waals surface area contributed by atoms with E-state index in [1.54, 1.807) is 24.3 Å². The van der Waals surface area contributed by atoms with Crippen molar-refractivity contribution < 1.29 is 9.59 Å². The maximum atomic E-state index is 13.0. The van der Waals surface area contributed by atoms with Crippen LogP contribution in [0.3, 0.4) is 0 Å². The number of likely N-dealkylation sites (tertiary alicyclic amines) is 1. The van der Waals surface area contributed by atoms with Crippen LogP contribution in [0, 0.1) is 5.92 Å². The molecule has 160 valence electrons. The molecule has 2 N–H and O–H groups in total. The van der Waals surface area contributed by atoms with Gasteiger partial charge in [-0.25, -0.2) is 0 Å². The molecular weight excluding hydrogens is 398 g/mol. The maximum Gasteiger partial charge on any atom is 0.251 e. The summed E-state index contributed by atoms with van der Waals surface area (Å²) in [5, 5.41) is 6.53. The molecule has 0 saturated carbocycles. The van der Waals surface area contributed by atoms with E-state index in [1.807, 2.05) is 32.0 Å². The van der Waals surface area contributed by atoms with E-state index < -0.39 is 6.04 Å². The molecule has 2 aromatic rings. The van der Waals surface area contributed by atoms with E-state index in [-0.39, 0.29) is 23.8 Å². The van der Waals surface area contributed by atoms with Crippen molar-refractivity contribution in [2.45, 2.75) is 38.8 Å². The molecule has 3 rings (SSSR count). The lowest BCUT2D eigenvalue weighted by Crippen LogP contribution is -2.51. The second-order valence-corrected chi connectivity index (χ2v) is 8.55. The number of nitrogens with zero attached hydrogens (tertiary/aromatic N) is 1. The molecule has 0 radical (unpaired) electrons. The molecule has 2 atom stereocenters. The molecule has 0 bridgehead atoms. The maximum absolute atomic E-state index is 13.0. The Bertz CT molecular complexity index is 833. The quantitative estimate of drug-likeness (QED) is 0.668. The van der Waals surface area contributed by atoms with Crippen molar-refractivity contribution in [3.63, 3.8) is 0 Å². The summed E-state index contributed by atoms with van der Waals surface area (Å²) in [5.74, 6) is -0.477. The standard InChI is InChI=1S/C24H30ClN3O2/c1-17(2)22(27-23(29)19-10-12-20(25)13-11-19)24(30)26-16-21(28-14-6-7-15-28)18-8-4-3-5-9-18/h3-5,8-13,17,21-22H,6-7,14-16H2,1-2H3,(H,26,30)(H,27,29)/t21-,22+/m0/s1. The van der Waals surface area contributed by atoms with Gasteiger partial charge in [-0.15, -0.1) is 0 Å². The summed E-state index contributed by atoms with van der Waals surface area (Å²) in [7, 11) is 0. The molecule has 1 fully saturated rings. The Morgan fingerprint density at radius 1 is 1.00 bits per heavy atom. The fraction of sp³-hybridized carbons (Fsp3) is 0.417. The molecule has 1 saturated heterocycles. The number of carbonyl (C=O) groups is 2. The van der Waals surface area contributed by atoms with Crippen LogP contribution in [0.15, 0.2) is 54.6 Å². The third-order valence-corrected chi connectivity index (χ3v) is 5.83. The van der Waals surface area contributed by atoms with E-state index in [1.165, 1.54) is 18.4 Å². The molecule has 5 nitrogen and oxygen atoms in total. The first kappa shape index (κ1) is 22.3. The van der Waals surface area contributed by atoms with Crippen LogP contribution in [0.4, 0.5) is 0 Å². The number of hydrogen-bond donors (Lipinski definition) is 2. The van der Waals surface area contributed by atoms with E-state index in [0.717, 1.165) is 13.1 Å². The summed E-state index contributed by atoms with van der Waals surface area (Å²) in [6.45, 7) is 6.46. The number of hydrogen-bond acceptors (Lipinski definition) is 3. The van der Waals surface area contributed by atoms with Crippen LogP contribution in [0.25, 0.3) is 0 Å². The zero-order valence-corrected chi connectivity index (χ0v) is 18.4.